The zero-order valence-corrected chi connectivity index (χ0v) is 14.1. The second-order valence-corrected chi connectivity index (χ2v) is 5.48. The van der Waals surface area contributed by atoms with Crippen LogP contribution in [0.4, 0.5) is 0 Å². The van der Waals surface area contributed by atoms with Crippen LogP contribution in [-0.2, 0) is 4.79 Å². The number of carbonyl (C=O) groups excluding carboxylic acids is 1. The first-order chi connectivity index (χ1) is 11.3. The summed E-state index contributed by atoms with van der Waals surface area (Å²) in [4.78, 5) is 11.7. The molecule has 0 unspecified atom stereocenters. The summed E-state index contributed by atoms with van der Waals surface area (Å²) in [6, 6.07) is 7.55. The molecule has 0 bridgehead atoms. The van der Waals surface area contributed by atoms with E-state index in [1.807, 2.05) is 30.3 Å². The number of rotatable bonds is 12. The fourth-order valence-electron chi connectivity index (χ4n) is 2.28. The molecule has 0 aromatic heterocycles. The number of nitrogens with zero attached hydrogens (tertiary/aromatic N) is 1. The van der Waals surface area contributed by atoms with E-state index in [0.29, 0.717) is 6.42 Å². The molecule has 0 aliphatic carbocycles. The quantitative estimate of drug-likeness (QED) is 0.268. The van der Waals surface area contributed by atoms with Crippen LogP contribution in [0.5, 0.6) is 5.75 Å². The number of nitrogens with one attached hydrogen (secondary N) is 1. The van der Waals surface area contributed by atoms with E-state index < -0.39 is 0 Å². The summed E-state index contributed by atoms with van der Waals surface area (Å²) in [7, 11) is 1.61. The second-order valence-electron chi connectivity index (χ2n) is 5.48. The summed E-state index contributed by atoms with van der Waals surface area (Å²) in [5.41, 5.74) is 3.41. The number of methoxy groups -OCH3 is 1. The van der Waals surface area contributed by atoms with Gasteiger partial charge in [-0.3, -0.25) is 4.79 Å². The Hall–Kier alpha value is -2.10. The van der Waals surface area contributed by atoms with Crippen LogP contribution in [-0.4, -0.2) is 19.2 Å². The molecule has 126 valence electrons. The van der Waals surface area contributed by atoms with Gasteiger partial charge >= 0.3 is 0 Å². The Labute approximate surface area is 139 Å². The lowest BCUT2D eigenvalue weighted by atomic mass is 10.1. The smallest absolute Gasteiger partial charge is 0.240 e. The third-order valence-corrected chi connectivity index (χ3v) is 3.59. The molecule has 0 saturated carbocycles. The van der Waals surface area contributed by atoms with E-state index in [9.17, 15) is 4.79 Å². The number of unbranched alkanes of at least 4 members (excludes halogenated alkanes) is 6. The van der Waals surface area contributed by atoms with Crippen LogP contribution >= 0.6 is 0 Å². The summed E-state index contributed by atoms with van der Waals surface area (Å²) < 4.78 is 5.22. The molecule has 1 rings (SSSR count). The number of para-hydroxylation sites is 1. The predicted octanol–water partition coefficient (Wildman–Crippen LogP) is 4.45. The van der Waals surface area contributed by atoms with Gasteiger partial charge < -0.3 is 4.74 Å². The summed E-state index contributed by atoms with van der Waals surface area (Å²) in [6.45, 7) is 3.72. The maximum atomic E-state index is 11.7. The monoisotopic (exact) mass is 316 g/mol. The molecule has 0 saturated heterocycles. The summed E-state index contributed by atoms with van der Waals surface area (Å²) in [5.74, 6) is 0.699. The van der Waals surface area contributed by atoms with Crippen LogP contribution in [0.1, 0.15) is 56.9 Å². The van der Waals surface area contributed by atoms with Gasteiger partial charge in [0.25, 0.3) is 0 Å². The molecule has 0 aliphatic heterocycles. The van der Waals surface area contributed by atoms with Crippen LogP contribution in [0.15, 0.2) is 42.0 Å². The Kier molecular flexibility index (Phi) is 10.3. The molecular formula is C19H28N2O2. The third kappa shape index (κ3) is 8.81. The van der Waals surface area contributed by atoms with Crippen molar-refractivity contribution in [2.24, 2.45) is 5.10 Å². The molecule has 0 heterocycles. The van der Waals surface area contributed by atoms with Crippen molar-refractivity contribution in [3.05, 3.63) is 42.5 Å². The van der Waals surface area contributed by atoms with Crippen molar-refractivity contribution in [1.82, 2.24) is 5.43 Å². The van der Waals surface area contributed by atoms with E-state index in [1.54, 1.807) is 13.3 Å². The van der Waals surface area contributed by atoms with E-state index >= 15 is 0 Å². The average molecular weight is 316 g/mol. The molecular weight excluding hydrogens is 288 g/mol. The zero-order valence-electron chi connectivity index (χ0n) is 14.1. The molecule has 0 fully saturated rings. The molecule has 0 spiro atoms. The third-order valence-electron chi connectivity index (χ3n) is 3.59. The summed E-state index contributed by atoms with van der Waals surface area (Å²) in [6.07, 6.45) is 12.1. The van der Waals surface area contributed by atoms with Gasteiger partial charge in [0.15, 0.2) is 0 Å². The molecule has 23 heavy (non-hydrogen) atoms. The highest BCUT2D eigenvalue weighted by atomic mass is 16.5. The van der Waals surface area contributed by atoms with E-state index in [2.05, 4.69) is 17.1 Å². The Bertz CT molecular complexity index is 498. The van der Waals surface area contributed by atoms with Crippen molar-refractivity contribution in [2.75, 3.05) is 7.11 Å². The van der Waals surface area contributed by atoms with Gasteiger partial charge in [0.2, 0.25) is 5.91 Å². The molecule has 1 aromatic rings. The van der Waals surface area contributed by atoms with Gasteiger partial charge in [0, 0.05) is 12.0 Å². The lowest BCUT2D eigenvalue weighted by molar-refractivity contribution is -0.121. The van der Waals surface area contributed by atoms with Crippen LogP contribution < -0.4 is 10.2 Å². The number of hydrazone groups is 1. The van der Waals surface area contributed by atoms with Gasteiger partial charge in [0.05, 0.1) is 13.3 Å². The number of ether oxygens (including phenoxy) is 1. The predicted molar refractivity (Wildman–Crippen MR) is 95.9 cm³/mol. The largest absolute Gasteiger partial charge is 0.496 e. The fourth-order valence-corrected chi connectivity index (χ4v) is 2.28. The SMILES string of the molecule is C=CCCCCCCCCC(=O)N/N=C/c1ccccc1OC. The van der Waals surface area contributed by atoms with Crippen molar-refractivity contribution in [3.8, 4) is 5.75 Å². The molecule has 0 aliphatic rings. The minimum absolute atomic E-state index is 0.0391. The average Bonchev–Trinajstić information content (AvgIpc) is 2.57. The van der Waals surface area contributed by atoms with Gasteiger partial charge in [-0.2, -0.15) is 5.10 Å². The number of amides is 1. The van der Waals surface area contributed by atoms with Crippen LogP contribution in [0.3, 0.4) is 0 Å². The summed E-state index contributed by atoms with van der Waals surface area (Å²) >= 11 is 0. The van der Waals surface area contributed by atoms with Gasteiger partial charge in [-0.15, -0.1) is 6.58 Å². The van der Waals surface area contributed by atoms with Crippen LogP contribution in [0.25, 0.3) is 0 Å². The number of carbonyl (C=O) groups is 1. The lowest BCUT2D eigenvalue weighted by Gasteiger charge is -2.03. The van der Waals surface area contributed by atoms with E-state index in [4.69, 9.17) is 4.74 Å². The minimum atomic E-state index is -0.0391. The number of benzene rings is 1. The highest BCUT2D eigenvalue weighted by Crippen LogP contribution is 2.14. The van der Waals surface area contributed by atoms with Gasteiger partial charge in [0.1, 0.15) is 5.75 Å². The number of allylic oxidation sites excluding steroid dienone is 1. The highest BCUT2D eigenvalue weighted by Gasteiger charge is 2.00. The Morgan fingerprint density at radius 2 is 1.87 bits per heavy atom. The van der Waals surface area contributed by atoms with Crippen molar-refractivity contribution in [1.29, 1.82) is 0 Å². The van der Waals surface area contributed by atoms with Gasteiger partial charge in [-0.25, -0.2) is 5.43 Å². The standard InChI is InChI=1S/C19H28N2O2/c1-3-4-5-6-7-8-9-10-15-19(22)21-20-16-17-13-11-12-14-18(17)23-2/h3,11-14,16H,1,4-10,15H2,2H3,(H,21,22)/b20-16+. The Morgan fingerprint density at radius 3 is 2.61 bits per heavy atom. The fraction of sp³-hybridized carbons (Fsp3) is 0.474. The maximum Gasteiger partial charge on any atom is 0.240 e. The molecule has 4 heteroatoms. The number of hydrogen-bond acceptors (Lipinski definition) is 3. The van der Waals surface area contributed by atoms with Crippen molar-refractivity contribution in [3.63, 3.8) is 0 Å². The van der Waals surface area contributed by atoms with Gasteiger partial charge in [-0.1, -0.05) is 43.9 Å². The van der Waals surface area contributed by atoms with E-state index in [1.165, 1.54) is 25.7 Å². The first-order valence-electron chi connectivity index (χ1n) is 8.33. The topological polar surface area (TPSA) is 50.7 Å². The minimum Gasteiger partial charge on any atom is -0.496 e. The van der Waals surface area contributed by atoms with Crippen LogP contribution in [0, 0.1) is 0 Å². The Morgan fingerprint density at radius 1 is 1.17 bits per heavy atom. The first-order valence-corrected chi connectivity index (χ1v) is 8.33. The highest BCUT2D eigenvalue weighted by molar-refractivity contribution is 5.85. The first kappa shape index (κ1) is 18.9. The maximum absolute atomic E-state index is 11.7. The van der Waals surface area contributed by atoms with Crippen molar-refractivity contribution >= 4 is 12.1 Å². The normalized spacial score (nSPS) is 10.7. The zero-order chi connectivity index (χ0) is 16.8. The molecule has 4 nitrogen and oxygen atoms in total. The van der Waals surface area contributed by atoms with Crippen LogP contribution in [0.2, 0.25) is 0 Å². The van der Waals surface area contributed by atoms with Crippen molar-refractivity contribution in [2.45, 2.75) is 51.4 Å². The molecule has 0 atom stereocenters. The molecule has 0 radical (unpaired) electrons. The molecule has 1 N–H and O–H groups in total. The second kappa shape index (κ2) is 12.4. The lowest BCUT2D eigenvalue weighted by Crippen LogP contribution is -2.16. The van der Waals surface area contributed by atoms with E-state index in [0.717, 1.165) is 30.6 Å². The summed E-state index contributed by atoms with van der Waals surface area (Å²) in [5, 5.41) is 3.99. The Balaban J connectivity index is 2.12. The van der Waals surface area contributed by atoms with E-state index in [-0.39, 0.29) is 5.91 Å². The molecule has 1 amide bonds. The molecule has 1 aromatic carbocycles. The number of hydrogen-bond donors (Lipinski definition) is 1. The van der Waals surface area contributed by atoms with Gasteiger partial charge in [-0.05, 0) is 31.4 Å². The van der Waals surface area contributed by atoms with Crippen molar-refractivity contribution < 1.29 is 9.53 Å².